The van der Waals surface area contributed by atoms with Gasteiger partial charge in [-0.05, 0) is 6.42 Å². The number of hydrogen-bond acceptors (Lipinski definition) is 0. The molecule has 0 saturated heterocycles. The van der Waals surface area contributed by atoms with Gasteiger partial charge in [-0.2, -0.15) is 39.5 Å². The van der Waals surface area contributed by atoms with Gasteiger partial charge < -0.3 is 0 Å². The second-order valence-electron chi connectivity index (χ2n) is 3.18. The second-order valence-corrected chi connectivity index (χ2v) is 3.18. The molecule has 0 atom stereocenters. The lowest BCUT2D eigenvalue weighted by Crippen LogP contribution is -2.60. The summed E-state index contributed by atoms with van der Waals surface area (Å²) in [6.07, 6.45) is -8.73. The molecule has 0 unspecified atom stereocenters. The summed E-state index contributed by atoms with van der Waals surface area (Å²) >= 11 is 0. The van der Waals surface area contributed by atoms with Crippen molar-refractivity contribution < 1.29 is 39.5 Å². The fourth-order valence-electron chi connectivity index (χ4n) is 0.848. The predicted molar refractivity (Wildman–Crippen MR) is 40.3 cm³/mol. The van der Waals surface area contributed by atoms with Gasteiger partial charge in [-0.25, -0.2) is 0 Å². The van der Waals surface area contributed by atoms with Crippen molar-refractivity contribution in [1.82, 2.24) is 0 Å². The third-order valence-electron chi connectivity index (χ3n) is 1.87. The molecule has 0 rings (SSSR count). The molecule has 0 aliphatic rings. The largest absolute Gasteiger partial charge is 0.460 e. The number of halogens is 9. The fraction of sp³-hybridized carbons (Fsp3) is 0.750. The van der Waals surface area contributed by atoms with Crippen LogP contribution in [0.4, 0.5) is 39.5 Å². The highest BCUT2D eigenvalue weighted by Gasteiger charge is 2.81. The first-order chi connectivity index (χ1) is 7.31. The maximum atomic E-state index is 12.6. The van der Waals surface area contributed by atoms with Crippen molar-refractivity contribution >= 4 is 0 Å². The van der Waals surface area contributed by atoms with Gasteiger partial charge in [0.1, 0.15) is 0 Å². The molecule has 0 aliphatic carbocycles. The van der Waals surface area contributed by atoms with Gasteiger partial charge >= 0.3 is 23.9 Å². The van der Waals surface area contributed by atoms with Crippen molar-refractivity contribution in [1.29, 1.82) is 0 Å². The molecule has 0 aromatic rings. The van der Waals surface area contributed by atoms with Gasteiger partial charge in [-0.3, -0.25) is 0 Å². The van der Waals surface area contributed by atoms with Gasteiger partial charge in [-0.15, -0.1) is 6.58 Å². The van der Waals surface area contributed by atoms with Crippen molar-refractivity contribution in [2.45, 2.75) is 36.8 Å². The fourth-order valence-corrected chi connectivity index (χ4v) is 0.848. The van der Waals surface area contributed by atoms with E-state index in [1.165, 1.54) is 0 Å². The normalized spacial score (nSPS) is 14.9. The Kier molecular flexibility index (Phi) is 4.18. The zero-order valence-electron chi connectivity index (χ0n) is 8.10. The minimum atomic E-state index is -6.80. The molecule has 0 aromatic carbocycles. The van der Waals surface area contributed by atoms with E-state index in [9.17, 15) is 39.5 Å². The molecule has 102 valence electrons. The highest BCUT2D eigenvalue weighted by atomic mass is 19.4. The Labute approximate surface area is 90.1 Å². The van der Waals surface area contributed by atoms with Gasteiger partial charge in [-0.1, -0.05) is 6.08 Å². The van der Waals surface area contributed by atoms with Crippen molar-refractivity contribution in [2.75, 3.05) is 0 Å². The molecule has 0 fully saturated rings. The lowest BCUT2D eigenvalue weighted by atomic mass is 10.00. The predicted octanol–water partition coefficient (Wildman–Crippen LogP) is 4.42. The van der Waals surface area contributed by atoms with Crippen LogP contribution in [0.1, 0.15) is 12.8 Å². The van der Waals surface area contributed by atoms with Crippen LogP contribution >= 0.6 is 0 Å². The molecule has 0 spiro atoms. The molecule has 0 amide bonds. The summed E-state index contributed by atoms with van der Waals surface area (Å²) in [5.74, 6) is -18.8. The molecule has 17 heavy (non-hydrogen) atoms. The van der Waals surface area contributed by atoms with Crippen LogP contribution < -0.4 is 0 Å². The van der Waals surface area contributed by atoms with E-state index in [2.05, 4.69) is 6.58 Å². The summed E-state index contributed by atoms with van der Waals surface area (Å²) in [4.78, 5) is 0. The van der Waals surface area contributed by atoms with E-state index < -0.39 is 36.8 Å². The van der Waals surface area contributed by atoms with Crippen LogP contribution in [-0.2, 0) is 0 Å². The average molecular weight is 274 g/mol. The van der Waals surface area contributed by atoms with Crippen LogP contribution in [0.3, 0.4) is 0 Å². The van der Waals surface area contributed by atoms with Crippen molar-refractivity contribution in [3.05, 3.63) is 12.7 Å². The average Bonchev–Trinajstić information content (AvgIpc) is 2.12. The molecule has 0 heterocycles. The van der Waals surface area contributed by atoms with Gasteiger partial charge in [0, 0.05) is 6.42 Å². The van der Waals surface area contributed by atoms with Crippen molar-refractivity contribution in [3.63, 3.8) is 0 Å². The van der Waals surface area contributed by atoms with Crippen LogP contribution in [0, 0.1) is 0 Å². The Bertz CT molecular complexity index is 275. The van der Waals surface area contributed by atoms with Crippen LogP contribution in [0.25, 0.3) is 0 Å². The van der Waals surface area contributed by atoms with E-state index in [1.54, 1.807) is 0 Å². The minimum Gasteiger partial charge on any atom is -0.200 e. The monoisotopic (exact) mass is 274 g/mol. The van der Waals surface area contributed by atoms with Gasteiger partial charge in [0.2, 0.25) is 0 Å². The SMILES string of the molecule is C=CCCC(F)(F)C(F)(F)C(F)(F)C(F)(F)F. The third kappa shape index (κ3) is 2.68. The summed E-state index contributed by atoms with van der Waals surface area (Å²) in [6.45, 7) is 2.87. The molecular weight excluding hydrogens is 267 g/mol. The minimum absolute atomic E-state index is 0.704. The van der Waals surface area contributed by atoms with Gasteiger partial charge in [0.05, 0.1) is 0 Å². The first kappa shape index (κ1) is 16.1. The number of rotatable bonds is 5. The molecule has 0 aromatic heterocycles. The van der Waals surface area contributed by atoms with Crippen LogP contribution in [-0.4, -0.2) is 23.9 Å². The Morgan fingerprint density at radius 3 is 1.47 bits per heavy atom. The quantitative estimate of drug-likeness (QED) is 0.514. The molecular formula is C8H7F9. The summed E-state index contributed by atoms with van der Waals surface area (Å²) in [5, 5.41) is 0. The van der Waals surface area contributed by atoms with Gasteiger partial charge in [0.25, 0.3) is 0 Å². The summed E-state index contributed by atoms with van der Waals surface area (Å²) in [6, 6.07) is 0. The maximum absolute atomic E-state index is 12.6. The van der Waals surface area contributed by atoms with Crippen molar-refractivity contribution in [2.24, 2.45) is 0 Å². The molecule has 0 N–H and O–H groups in total. The summed E-state index contributed by atoms with van der Waals surface area (Å²) in [5.41, 5.74) is 0. The van der Waals surface area contributed by atoms with E-state index in [1.807, 2.05) is 0 Å². The second kappa shape index (κ2) is 4.41. The summed E-state index contributed by atoms with van der Waals surface area (Å²) in [7, 11) is 0. The van der Waals surface area contributed by atoms with Crippen LogP contribution in [0.2, 0.25) is 0 Å². The number of alkyl halides is 9. The highest BCUT2D eigenvalue weighted by molar-refractivity contribution is 5.00. The Balaban J connectivity index is 5.31. The number of hydrogen-bond donors (Lipinski definition) is 0. The van der Waals surface area contributed by atoms with E-state index in [0.29, 0.717) is 6.08 Å². The third-order valence-corrected chi connectivity index (χ3v) is 1.87. The standard InChI is InChI=1S/C8H7F9/c1-2-3-4-5(9,10)6(11,12)7(13,14)8(15,16)17/h2H,1,3-4H2. The first-order valence-corrected chi connectivity index (χ1v) is 4.12. The Morgan fingerprint density at radius 2 is 1.18 bits per heavy atom. The van der Waals surface area contributed by atoms with E-state index in [0.717, 1.165) is 0 Å². The Morgan fingerprint density at radius 1 is 0.765 bits per heavy atom. The van der Waals surface area contributed by atoms with E-state index >= 15 is 0 Å². The smallest absolute Gasteiger partial charge is 0.200 e. The maximum Gasteiger partial charge on any atom is 0.460 e. The lowest BCUT2D eigenvalue weighted by molar-refractivity contribution is -0.396. The highest BCUT2D eigenvalue weighted by Crippen LogP contribution is 2.54. The van der Waals surface area contributed by atoms with Crippen molar-refractivity contribution in [3.8, 4) is 0 Å². The molecule has 9 heteroatoms. The molecule has 0 nitrogen and oxygen atoms in total. The molecule has 0 aliphatic heterocycles. The topological polar surface area (TPSA) is 0 Å². The first-order valence-electron chi connectivity index (χ1n) is 4.12. The zero-order valence-corrected chi connectivity index (χ0v) is 8.10. The molecule has 0 saturated carbocycles. The lowest BCUT2D eigenvalue weighted by Gasteiger charge is -2.33. The molecule has 0 radical (unpaired) electrons. The van der Waals surface area contributed by atoms with E-state index in [-0.39, 0.29) is 0 Å². The number of allylic oxidation sites excluding steroid dienone is 1. The summed E-state index contributed by atoms with van der Waals surface area (Å²) < 4.78 is 110. The van der Waals surface area contributed by atoms with Crippen LogP contribution in [0.5, 0.6) is 0 Å². The Hall–Kier alpha value is -0.890. The van der Waals surface area contributed by atoms with Crippen LogP contribution in [0.15, 0.2) is 12.7 Å². The molecule has 0 bridgehead atoms. The van der Waals surface area contributed by atoms with E-state index in [4.69, 9.17) is 0 Å². The zero-order chi connectivity index (χ0) is 14.1. The van der Waals surface area contributed by atoms with Gasteiger partial charge in [0.15, 0.2) is 0 Å².